The number of amides is 2. The van der Waals surface area contributed by atoms with Crippen LogP contribution in [0.5, 0.6) is 5.75 Å². The van der Waals surface area contributed by atoms with E-state index in [9.17, 15) is 9.59 Å². The summed E-state index contributed by atoms with van der Waals surface area (Å²) < 4.78 is 6.83. The van der Waals surface area contributed by atoms with E-state index in [0.717, 1.165) is 11.3 Å². The van der Waals surface area contributed by atoms with Crippen LogP contribution < -0.4 is 10.1 Å². The van der Waals surface area contributed by atoms with Crippen LogP contribution in [0.2, 0.25) is 0 Å². The number of carbonyl (C=O) groups is 2. The number of benzene rings is 2. The summed E-state index contributed by atoms with van der Waals surface area (Å²) in [6, 6.07) is 14.1. The lowest BCUT2D eigenvalue weighted by molar-refractivity contribution is -0.127. The van der Waals surface area contributed by atoms with E-state index in [-0.39, 0.29) is 18.4 Å². The highest BCUT2D eigenvalue weighted by Gasteiger charge is 2.40. The Morgan fingerprint density at radius 3 is 2.45 bits per heavy atom. The van der Waals surface area contributed by atoms with Crippen molar-refractivity contribution >= 4 is 11.8 Å². The summed E-state index contributed by atoms with van der Waals surface area (Å²) in [5, 5.41) is 11.6. The molecule has 2 heterocycles. The summed E-state index contributed by atoms with van der Waals surface area (Å²) in [7, 11) is 1.61. The minimum Gasteiger partial charge on any atom is -0.497 e. The Labute approximate surface area is 193 Å². The highest BCUT2D eigenvalue weighted by atomic mass is 16.5. The SMILES string of the molecule is CCc1nnn2c1C(=O)N(Cc1ccc(OC)cc1)C(C(=O)NC(C)(C)C)c1ccccc1-2. The first-order valence-corrected chi connectivity index (χ1v) is 11.0. The third kappa shape index (κ3) is 4.33. The fourth-order valence-electron chi connectivity index (χ4n) is 4.08. The Kier molecular flexibility index (Phi) is 5.93. The molecule has 3 aromatic rings. The molecular formula is C25H29N5O3. The minimum atomic E-state index is -0.832. The van der Waals surface area contributed by atoms with Gasteiger partial charge in [-0.3, -0.25) is 9.59 Å². The Morgan fingerprint density at radius 2 is 1.82 bits per heavy atom. The fourth-order valence-corrected chi connectivity index (χ4v) is 4.08. The number of nitrogens with one attached hydrogen (secondary N) is 1. The summed E-state index contributed by atoms with van der Waals surface area (Å²) in [4.78, 5) is 29.2. The highest BCUT2D eigenvalue weighted by Crippen LogP contribution is 2.35. The molecule has 8 heteroatoms. The number of aryl methyl sites for hydroxylation is 1. The van der Waals surface area contributed by atoms with E-state index in [2.05, 4.69) is 15.6 Å². The van der Waals surface area contributed by atoms with E-state index in [0.29, 0.717) is 29.1 Å². The Morgan fingerprint density at radius 1 is 1.12 bits per heavy atom. The predicted molar refractivity (Wildman–Crippen MR) is 124 cm³/mol. The number of methoxy groups -OCH3 is 1. The van der Waals surface area contributed by atoms with Crippen LogP contribution in [0.15, 0.2) is 48.5 Å². The van der Waals surface area contributed by atoms with Crippen molar-refractivity contribution in [2.24, 2.45) is 0 Å². The normalized spacial score (nSPS) is 15.5. The molecule has 8 nitrogen and oxygen atoms in total. The number of fused-ring (bicyclic) bond motifs is 3. The maximum Gasteiger partial charge on any atom is 0.275 e. The molecule has 172 valence electrons. The lowest BCUT2D eigenvalue weighted by atomic mass is 9.99. The van der Waals surface area contributed by atoms with E-state index >= 15 is 0 Å². The van der Waals surface area contributed by atoms with Gasteiger partial charge in [-0.25, -0.2) is 4.68 Å². The molecule has 2 amide bonds. The molecule has 4 rings (SSSR count). The monoisotopic (exact) mass is 447 g/mol. The smallest absolute Gasteiger partial charge is 0.275 e. The number of aromatic nitrogens is 3. The standard InChI is InChI=1S/C25H29N5O3/c1-6-19-22-24(32)29(15-16-11-13-17(33-5)14-12-16)21(23(31)26-25(2,3)4)18-9-7-8-10-20(18)30(22)28-27-19/h7-14,21H,6,15H2,1-5H3,(H,26,31). The van der Waals surface area contributed by atoms with Crippen molar-refractivity contribution in [3.8, 4) is 11.4 Å². The van der Waals surface area contributed by atoms with E-state index < -0.39 is 11.6 Å². The van der Waals surface area contributed by atoms with Crippen LogP contribution in [0.3, 0.4) is 0 Å². The zero-order chi connectivity index (χ0) is 23.8. The molecule has 1 aromatic heterocycles. The van der Waals surface area contributed by atoms with Crippen LogP contribution >= 0.6 is 0 Å². The number of nitrogens with zero attached hydrogens (tertiary/aromatic N) is 4. The quantitative estimate of drug-likeness (QED) is 0.647. The molecule has 0 saturated heterocycles. The second-order valence-electron chi connectivity index (χ2n) is 9.13. The van der Waals surface area contributed by atoms with E-state index in [1.54, 1.807) is 16.7 Å². The second kappa shape index (κ2) is 8.69. The zero-order valence-electron chi connectivity index (χ0n) is 19.6. The van der Waals surface area contributed by atoms with Crippen LogP contribution in [-0.4, -0.2) is 44.4 Å². The van der Waals surface area contributed by atoms with Gasteiger partial charge in [0.15, 0.2) is 5.69 Å². The van der Waals surface area contributed by atoms with Crippen LogP contribution in [-0.2, 0) is 17.8 Å². The minimum absolute atomic E-state index is 0.242. The molecule has 2 aromatic carbocycles. The van der Waals surface area contributed by atoms with Crippen LogP contribution in [0.4, 0.5) is 0 Å². The predicted octanol–water partition coefficient (Wildman–Crippen LogP) is 3.45. The van der Waals surface area contributed by atoms with Crippen molar-refractivity contribution in [2.75, 3.05) is 7.11 Å². The third-order valence-corrected chi connectivity index (χ3v) is 5.57. The number of hydrogen-bond acceptors (Lipinski definition) is 5. The molecule has 1 atom stereocenters. The van der Waals surface area contributed by atoms with Gasteiger partial charge in [-0.05, 0) is 51.0 Å². The molecule has 33 heavy (non-hydrogen) atoms. The van der Waals surface area contributed by atoms with Gasteiger partial charge < -0.3 is 15.0 Å². The molecule has 0 saturated carbocycles. The molecule has 1 aliphatic heterocycles. The van der Waals surface area contributed by atoms with Gasteiger partial charge in [0, 0.05) is 17.6 Å². The molecule has 0 spiro atoms. The maximum absolute atomic E-state index is 14.0. The largest absolute Gasteiger partial charge is 0.497 e. The van der Waals surface area contributed by atoms with Crippen molar-refractivity contribution in [1.29, 1.82) is 0 Å². The molecular weight excluding hydrogens is 418 g/mol. The zero-order valence-corrected chi connectivity index (χ0v) is 19.6. The summed E-state index contributed by atoms with van der Waals surface area (Å²) in [6.07, 6.45) is 0.554. The molecule has 1 aliphatic rings. The first kappa shape index (κ1) is 22.5. The molecule has 0 bridgehead atoms. The van der Waals surface area contributed by atoms with E-state index in [1.807, 2.05) is 76.2 Å². The van der Waals surface area contributed by atoms with E-state index in [1.165, 1.54) is 0 Å². The molecule has 0 radical (unpaired) electrons. The lowest BCUT2D eigenvalue weighted by Gasteiger charge is -2.32. The van der Waals surface area contributed by atoms with Crippen molar-refractivity contribution in [2.45, 2.75) is 52.2 Å². The highest BCUT2D eigenvalue weighted by molar-refractivity contribution is 5.99. The van der Waals surface area contributed by atoms with Gasteiger partial charge in [-0.15, -0.1) is 5.10 Å². The third-order valence-electron chi connectivity index (χ3n) is 5.57. The fraction of sp³-hybridized carbons (Fsp3) is 0.360. The number of rotatable bonds is 5. The number of para-hydroxylation sites is 1. The van der Waals surface area contributed by atoms with Crippen molar-refractivity contribution in [1.82, 2.24) is 25.2 Å². The van der Waals surface area contributed by atoms with Gasteiger partial charge in [0.05, 0.1) is 18.5 Å². The van der Waals surface area contributed by atoms with Crippen molar-refractivity contribution in [3.63, 3.8) is 0 Å². The summed E-state index contributed by atoms with van der Waals surface area (Å²) in [5.41, 5.74) is 2.80. The maximum atomic E-state index is 14.0. The average Bonchev–Trinajstić information content (AvgIpc) is 3.18. The summed E-state index contributed by atoms with van der Waals surface area (Å²) in [6.45, 7) is 7.95. The second-order valence-corrected chi connectivity index (χ2v) is 9.13. The van der Waals surface area contributed by atoms with Gasteiger partial charge in [-0.1, -0.05) is 42.5 Å². The molecule has 1 unspecified atom stereocenters. The lowest BCUT2D eigenvalue weighted by Crippen LogP contribution is -2.48. The first-order chi connectivity index (χ1) is 15.7. The Hall–Kier alpha value is -3.68. The average molecular weight is 448 g/mol. The molecule has 0 aliphatic carbocycles. The van der Waals surface area contributed by atoms with Crippen molar-refractivity contribution < 1.29 is 14.3 Å². The van der Waals surface area contributed by atoms with Crippen molar-refractivity contribution in [3.05, 3.63) is 71.0 Å². The number of ether oxygens (including phenoxy) is 1. The molecule has 0 fully saturated rings. The van der Waals surface area contributed by atoms with Crippen LogP contribution in [0.25, 0.3) is 5.69 Å². The van der Waals surface area contributed by atoms with E-state index in [4.69, 9.17) is 4.74 Å². The van der Waals surface area contributed by atoms with Crippen LogP contribution in [0.1, 0.15) is 61.0 Å². The number of hydrogen-bond donors (Lipinski definition) is 1. The first-order valence-electron chi connectivity index (χ1n) is 11.0. The van der Waals surface area contributed by atoms with Gasteiger partial charge >= 0.3 is 0 Å². The Bertz CT molecular complexity index is 1180. The number of carbonyl (C=O) groups excluding carboxylic acids is 2. The van der Waals surface area contributed by atoms with Gasteiger partial charge in [0.1, 0.15) is 11.8 Å². The summed E-state index contributed by atoms with van der Waals surface area (Å²) in [5.74, 6) is 0.204. The van der Waals surface area contributed by atoms with Gasteiger partial charge in [-0.2, -0.15) is 0 Å². The summed E-state index contributed by atoms with van der Waals surface area (Å²) >= 11 is 0. The van der Waals surface area contributed by atoms with Crippen LogP contribution in [0, 0.1) is 0 Å². The Balaban J connectivity index is 1.89. The topological polar surface area (TPSA) is 89.3 Å². The van der Waals surface area contributed by atoms with Gasteiger partial charge in [0.25, 0.3) is 5.91 Å². The van der Waals surface area contributed by atoms with Gasteiger partial charge in [0.2, 0.25) is 5.91 Å². The molecule has 1 N–H and O–H groups in total.